The molecule has 0 aliphatic heterocycles. The van der Waals surface area contributed by atoms with Crippen LogP contribution in [0.1, 0.15) is 5.56 Å². The van der Waals surface area contributed by atoms with Crippen molar-refractivity contribution in [2.24, 2.45) is 0 Å². The van der Waals surface area contributed by atoms with Crippen LogP contribution in [-0.4, -0.2) is 33.5 Å². The molecule has 0 bridgehead atoms. The summed E-state index contributed by atoms with van der Waals surface area (Å²) in [5, 5.41) is 9.64. The maximum atomic E-state index is 9.64. The van der Waals surface area contributed by atoms with Gasteiger partial charge in [-0.25, -0.2) is 0 Å². The Bertz CT molecular complexity index is 652. The minimum absolute atomic E-state index is 0.107. The van der Waals surface area contributed by atoms with Crippen molar-refractivity contribution >= 4 is 0 Å². The molecule has 0 saturated carbocycles. The minimum Gasteiger partial charge on any atom is -0.497 e. The maximum Gasteiger partial charge on any atom is 0.203 e. The van der Waals surface area contributed by atoms with Crippen LogP contribution in [0.3, 0.4) is 0 Å². The fourth-order valence-corrected chi connectivity index (χ4v) is 2.40. The van der Waals surface area contributed by atoms with Crippen LogP contribution in [0.2, 0.25) is 0 Å². The number of hydrogen-bond acceptors (Lipinski definition) is 5. The molecule has 0 spiro atoms. The number of ether oxygens (including phenoxy) is 4. The highest BCUT2D eigenvalue weighted by Gasteiger charge is 2.19. The van der Waals surface area contributed by atoms with Crippen LogP contribution in [0.25, 0.3) is 11.1 Å². The van der Waals surface area contributed by atoms with Gasteiger partial charge in [0.2, 0.25) is 5.75 Å². The van der Waals surface area contributed by atoms with E-state index in [1.165, 1.54) is 0 Å². The Kier molecular flexibility index (Phi) is 5.12. The Hall–Kier alpha value is -2.40. The molecule has 22 heavy (non-hydrogen) atoms. The molecule has 0 fully saturated rings. The van der Waals surface area contributed by atoms with Crippen molar-refractivity contribution in [3.63, 3.8) is 0 Å². The second-order valence-corrected chi connectivity index (χ2v) is 4.56. The summed E-state index contributed by atoms with van der Waals surface area (Å²) in [7, 11) is 6.30. The predicted octanol–water partition coefficient (Wildman–Crippen LogP) is 2.88. The number of rotatable bonds is 6. The third-order valence-electron chi connectivity index (χ3n) is 3.48. The number of hydrogen-bond donors (Lipinski definition) is 1. The fraction of sp³-hybridized carbons (Fsp3) is 0.294. The molecule has 2 aromatic rings. The smallest absolute Gasteiger partial charge is 0.203 e. The Morgan fingerprint density at radius 2 is 1.45 bits per heavy atom. The molecular weight excluding hydrogens is 284 g/mol. The van der Waals surface area contributed by atoms with Crippen molar-refractivity contribution in [3.05, 3.63) is 35.9 Å². The summed E-state index contributed by atoms with van der Waals surface area (Å²) in [5.41, 5.74) is 2.40. The molecule has 0 aliphatic rings. The summed E-state index contributed by atoms with van der Waals surface area (Å²) in [6.45, 7) is -0.107. The molecule has 0 heterocycles. The molecule has 1 N–H and O–H groups in total. The van der Waals surface area contributed by atoms with E-state index in [0.29, 0.717) is 23.0 Å². The molecule has 0 saturated heterocycles. The molecule has 5 nitrogen and oxygen atoms in total. The number of methoxy groups -OCH3 is 4. The van der Waals surface area contributed by atoms with Gasteiger partial charge in [0.15, 0.2) is 11.5 Å². The lowest BCUT2D eigenvalue weighted by Gasteiger charge is -2.17. The third-order valence-corrected chi connectivity index (χ3v) is 3.48. The van der Waals surface area contributed by atoms with Gasteiger partial charge in [-0.05, 0) is 35.4 Å². The van der Waals surface area contributed by atoms with Gasteiger partial charge >= 0.3 is 0 Å². The zero-order valence-electron chi connectivity index (χ0n) is 13.2. The fourth-order valence-electron chi connectivity index (χ4n) is 2.40. The van der Waals surface area contributed by atoms with Crippen LogP contribution in [-0.2, 0) is 6.61 Å². The summed E-state index contributed by atoms with van der Waals surface area (Å²) < 4.78 is 21.4. The lowest BCUT2D eigenvalue weighted by molar-refractivity contribution is 0.281. The van der Waals surface area contributed by atoms with Crippen molar-refractivity contribution in [2.75, 3.05) is 28.4 Å². The van der Waals surface area contributed by atoms with E-state index in [4.69, 9.17) is 18.9 Å². The van der Waals surface area contributed by atoms with Crippen LogP contribution >= 0.6 is 0 Å². The Balaban J connectivity index is 2.67. The molecule has 2 rings (SSSR count). The van der Waals surface area contributed by atoms with Crippen LogP contribution in [0.5, 0.6) is 23.0 Å². The summed E-state index contributed by atoms with van der Waals surface area (Å²) >= 11 is 0. The number of aliphatic hydroxyl groups is 1. The van der Waals surface area contributed by atoms with Gasteiger partial charge in [-0.15, -0.1) is 0 Å². The normalized spacial score (nSPS) is 10.2. The molecule has 2 aromatic carbocycles. The largest absolute Gasteiger partial charge is 0.497 e. The molecule has 0 aromatic heterocycles. The summed E-state index contributed by atoms with van der Waals surface area (Å²) in [4.78, 5) is 0. The first-order valence-corrected chi connectivity index (χ1v) is 6.77. The summed E-state index contributed by atoms with van der Waals surface area (Å²) in [5.74, 6) is 2.35. The van der Waals surface area contributed by atoms with Crippen LogP contribution in [0.15, 0.2) is 30.3 Å². The lowest BCUT2D eigenvalue weighted by atomic mass is 9.98. The highest BCUT2D eigenvalue weighted by Crippen LogP contribution is 2.45. The van der Waals surface area contributed by atoms with Gasteiger partial charge in [0.1, 0.15) is 5.75 Å². The molecule has 0 radical (unpaired) electrons. The topological polar surface area (TPSA) is 57.2 Å². The van der Waals surface area contributed by atoms with Gasteiger partial charge in [-0.1, -0.05) is 6.07 Å². The highest BCUT2D eigenvalue weighted by atomic mass is 16.5. The minimum atomic E-state index is -0.107. The van der Waals surface area contributed by atoms with Crippen LogP contribution in [0.4, 0.5) is 0 Å². The Morgan fingerprint density at radius 3 is 2.00 bits per heavy atom. The standard InChI is InChI=1S/C17H20O5/c1-19-12-5-6-13(11(9-12)10-18)14-7-8-15(20-2)17(22-4)16(14)21-3/h5-9,18H,10H2,1-4H3. The third kappa shape index (κ3) is 2.80. The van der Waals surface area contributed by atoms with Crippen LogP contribution in [0, 0.1) is 0 Å². The van der Waals surface area contributed by atoms with Crippen molar-refractivity contribution < 1.29 is 24.1 Å². The molecule has 118 valence electrons. The maximum absolute atomic E-state index is 9.64. The zero-order chi connectivity index (χ0) is 16.1. The van der Waals surface area contributed by atoms with E-state index in [9.17, 15) is 5.11 Å². The van der Waals surface area contributed by atoms with Gasteiger partial charge in [0.25, 0.3) is 0 Å². The molecule has 0 amide bonds. The summed E-state index contributed by atoms with van der Waals surface area (Å²) in [6.07, 6.45) is 0. The first kappa shape index (κ1) is 16.0. The van der Waals surface area contributed by atoms with E-state index >= 15 is 0 Å². The van der Waals surface area contributed by atoms with Crippen LogP contribution < -0.4 is 18.9 Å². The van der Waals surface area contributed by atoms with Crippen molar-refractivity contribution in [2.45, 2.75) is 6.61 Å². The van der Waals surface area contributed by atoms with Gasteiger partial charge < -0.3 is 24.1 Å². The zero-order valence-corrected chi connectivity index (χ0v) is 13.2. The first-order chi connectivity index (χ1) is 10.7. The molecule has 0 aliphatic carbocycles. The summed E-state index contributed by atoms with van der Waals surface area (Å²) in [6, 6.07) is 9.20. The van der Waals surface area contributed by atoms with E-state index < -0.39 is 0 Å². The predicted molar refractivity (Wildman–Crippen MR) is 84.0 cm³/mol. The molecular formula is C17H20O5. The Labute approximate surface area is 130 Å². The monoisotopic (exact) mass is 304 g/mol. The molecule has 0 atom stereocenters. The average molecular weight is 304 g/mol. The van der Waals surface area contributed by atoms with Gasteiger partial charge in [0.05, 0.1) is 35.0 Å². The quantitative estimate of drug-likeness (QED) is 0.889. The number of benzene rings is 2. The van der Waals surface area contributed by atoms with Gasteiger partial charge in [0, 0.05) is 5.56 Å². The lowest BCUT2D eigenvalue weighted by Crippen LogP contribution is -1.99. The van der Waals surface area contributed by atoms with E-state index in [1.807, 2.05) is 24.3 Å². The average Bonchev–Trinajstić information content (AvgIpc) is 2.59. The Morgan fingerprint density at radius 1 is 0.773 bits per heavy atom. The van der Waals surface area contributed by atoms with Gasteiger partial charge in [-0.2, -0.15) is 0 Å². The van der Waals surface area contributed by atoms with Crippen molar-refractivity contribution in [1.29, 1.82) is 0 Å². The second-order valence-electron chi connectivity index (χ2n) is 4.56. The van der Waals surface area contributed by atoms with E-state index in [1.54, 1.807) is 34.5 Å². The van der Waals surface area contributed by atoms with Crippen molar-refractivity contribution in [1.82, 2.24) is 0 Å². The SMILES string of the molecule is COc1ccc(-c2ccc(OC)c(OC)c2OC)c(CO)c1. The van der Waals surface area contributed by atoms with Crippen molar-refractivity contribution in [3.8, 4) is 34.1 Å². The van der Waals surface area contributed by atoms with Gasteiger partial charge in [-0.3, -0.25) is 0 Å². The van der Waals surface area contributed by atoms with E-state index in [-0.39, 0.29) is 6.61 Å². The van der Waals surface area contributed by atoms with E-state index in [0.717, 1.165) is 16.7 Å². The molecule has 5 heteroatoms. The first-order valence-electron chi connectivity index (χ1n) is 6.77. The second kappa shape index (κ2) is 7.04. The highest BCUT2D eigenvalue weighted by molar-refractivity contribution is 5.78. The number of aliphatic hydroxyl groups excluding tert-OH is 1. The van der Waals surface area contributed by atoms with E-state index in [2.05, 4.69) is 0 Å². The molecule has 0 unspecified atom stereocenters.